The van der Waals surface area contributed by atoms with Crippen LogP contribution in [0.15, 0.2) is 71.3 Å². The quantitative estimate of drug-likeness (QED) is 0.775. The van der Waals surface area contributed by atoms with Crippen molar-refractivity contribution in [1.29, 1.82) is 0 Å². The van der Waals surface area contributed by atoms with E-state index >= 15 is 0 Å². The second-order valence-corrected chi connectivity index (χ2v) is 4.68. The molecule has 6 nitrogen and oxygen atoms in total. The maximum absolute atomic E-state index is 12.0. The lowest BCUT2D eigenvalue weighted by Crippen LogP contribution is -2.14. The molecular formula is C17H13N3O3. The molecule has 0 spiro atoms. The second-order valence-electron chi connectivity index (χ2n) is 4.68. The van der Waals surface area contributed by atoms with Crippen LogP contribution in [0.2, 0.25) is 0 Å². The van der Waals surface area contributed by atoms with E-state index in [1.807, 2.05) is 24.3 Å². The fourth-order valence-corrected chi connectivity index (χ4v) is 1.91. The van der Waals surface area contributed by atoms with Gasteiger partial charge in [-0.2, -0.15) is 4.98 Å². The standard InChI is InChI=1S/C17H13N3O3/c21-15(12-7-3-1-4-8-12)20-17-19-14(11-23-17)16(22)18-13-9-5-2-6-10-13/h1-11H,(H,18,22)(H,19,20,21). The first-order valence-electron chi connectivity index (χ1n) is 6.91. The Labute approximate surface area is 132 Å². The number of rotatable bonds is 4. The van der Waals surface area contributed by atoms with Crippen LogP contribution in [-0.2, 0) is 0 Å². The van der Waals surface area contributed by atoms with E-state index < -0.39 is 5.91 Å². The van der Waals surface area contributed by atoms with E-state index in [2.05, 4.69) is 15.6 Å². The summed E-state index contributed by atoms with van der Waals surface area (Å²) in [7, 11) is 0. The monoisotopic (exact) mass is 307 g/mol. The molecule has 2 aromatic carbocycles. The van der Waals surface area contributed by atoms with Gasteiger partial charge in [0.05, 0.1) is 0 Å². The summed E-state index contributed by atoms with van der Waals surface area (Å²) in [4.78, 5) is 28.0. The van der Waals surface area contributed by atoms with Gasteiger partial charge in [-0.3, -0.25) is 14.9 Å². The van der Waals surface area contributed by atoms with Crippen molar-refractivity contribution < 1.29 is 14.0 Å². The molecule has 23 heavy (non-hydrogen) atoms. The van der Waals surface area contributed by atoms with Crippen LogP contribution in [0.5, 0.6) is 0 Å². The van der Waals surface area contributed by atoms with Gasteiger partial charge in [0.1, 0.15) is 6.26 Å². The Morgan fingerprint density at radius 3 is 2.17 bits per heavy atom. The zero-order chi connectivity index (χ0) is 16.1. The molecule has 0 unspecified atom stereocenters. The van der Waals surface area contributed by atoms with Crippen molar-refractivity contribution in [2.45, 2.75) is 0 Å². The molecule has 1 aromatic heterocycles. The number of amides is 2. The number of nitrogens with one attached hydrogen (secondary N) is 2. The molecule has 0 atom stereocenters. The average molecular weight is 307 g/mol. The highest BCUT2D eigenvalue weighted by Gasteiger charge is 2.14. The fourth-order valence-electron chi connectivity index (χ4n) is 1.91. The Hall–Kier alpha value is -3.41. The number of benzene rings is 2. The van der Waals surface area contributed by atoms with Crippen LogP contribution in [0.4, 0.5) is 11.7 Å². The van der Waals surface area contributed by atoms with E-state index in [1.54, 1.807) is 36.4 Å². The molecule has 1 heterocycles. The highest BCUT2D eigenvalue weighted by atomic mass is 16.4. The number of aromatic nitrogens is 1. The number of carbonyl (C=O) groups is 2. The first-order chi connectivity index (χ1) is 11.2. The van der Waals surface area contributed by atoms with Crippen molar-refractivity contribution in [3.05, 3.63) is 78.2 Å². The summed E-state index contributed by atoms with van der Waals surface area (Å²) in [5.74, 6) is -0.775. The lowest BCUT2D eigenvalue weighted by molar-refractivity contribution is 0.101. The predicted molar refractivity (Wildman–Crippen MR) is 85.3 cm³/mol. The molecule has 2 amide bonds. The van der Waals surface area contributed by atoms with Crippen LogP contribution in [-0.4, -0.2) is 16.8 Å². The third kappa shape index (κ3) is 3.62. The van der Waals surface area contributed by atoms with Gasteiger partial charge >= 0.3 is 6.01 Å². The topological polar surface area (TPSA) is 84.2 Å². The SMILES string of the molecule is O=C(Nc1nc(C(=O)Nc2ccccc2)co1)c1ccccc1. The second kappa shape index (κ2) is 6.57. The molecule has 0 aliphatic rings. The van der Waals surface area contributed by atoms with Crippen LogP contribution in [0.1, 0.15) is 20.8 Å². The Morgan fingerprint density at radius 2 is 1.48 bits per heavy atom. The number of para-hydroxylation sites is 1. The number of hydrogen-bond acceptors (Lipinski definition) is 4. The summed E-state index contributed by atoms with van der Waals surface area (Å²) in [6, 6.07) is 17.6. The molecule has 114 valence electrons. The van der Waals surface area contributed by atoms with Crippen LogP contribution in [0, 0.1) is 0 Å². The van der Waals surface area contributed by atoms with Crippen LogP contribution < -0.4 is 10.6 Å². The summed E-state index contributed by atoms with van der Waals surface area (Å²) in [5.41, 5.74) is 1.20. The third-order valence-corrected chi connectivity index (χ3v) is 3.02. The Morgan fingerprint density at radius 1 is 0.826 bits per heavy atom. The lowest BCUT2D eigenvalue weighted by atomic mass is 10.2. The van der Waals surface area contributed by atoms with Gasteiger partial charge in [0.2, 0.25) is 0 Å². The highest BCUT2D eigenvalue weighted by Crippen LogP contribution is 2.12. The van der Waals surface area contributed by atoms with E-state index in [0.29, 0.717) is 11.3 Å². The first-order valence-corrected chi connectivity index (χ1v) is 6.91. The van der Waals surface area contributed by atoms with Crippen LogP contribution >= 0.6 is 0 Å². The van der Waals surface area contributed by atoms with Crippen molar-refractivity contribution >= 4 is 23.5 Å². The molecule has 0 aliphatic carbocycles. The zero-order valence-electron chi connectivity index (χ0n) is 12.0. The van der Waals surface area contributed by atoms with Crippen molar-refractivity contribution in [1.82, 2.24) is 4.98 Å². The normalized spacial score (nSPS) is 10.1. The number of oxazole rings is 1. The molecule has 0 fully saturated rings. The number of anilines is 2. The van der Waals surface area contributed by atoms with Crippen molar-refractivity contribution in [2.24, 2.45) is 0 Å². The largest absolute Gasteiger partial charge is 0.431 e. The molecule has 0 radical (unpaired) electrons. The minimum absolute atomic E-state index is 0.0305. The summed E-state index contributed by atoms with van der Waals surface area (Å²) >= 11 is 0. The van der Waals surface area contributed by atoms with E-state index in [-0.39, 0.29) is 17.6 Å². The van der Waals surface area contributed by atoms with Gasteiger partial charge in [0, 0.05) is 11.3 Å². The van der Waals surface area contributed by atoms with Gasteiger partial charge in [-0.15, -0.1) is 0 Å². The summed E-state index contributed by atoms with van der Waals surface area (Å²) in [5, 5.41) is 5.18. The van der Waals surface area contributed by atoms with Gasteiger partial charge in [0.15, 0.2) is 5.69 Å². The van der Waals surface area contributed by atoms with Gasteiger partial charge in [-0.1, -0.05) is 36.4 Å². The Bertz CT molecular complexity index is 813. The summed E-state index contributed by atoms with van der Waals surface area (Å²) < 4.78 is 5.11. The first kappa shape index (κ1) is 14.5. The van der Waals surface area contributed by atoms with Crippen molar-refractivity contribution in [2.75, 3.05) is 10.6 Å². The van der Waals surface area contributed by atoms with Crippen LogP contribution in [0.25, 0.3) is 0 Å². The molecule has 3 aromatic rings. The molecule has 0 aliphatic heterocycles. The van der Waals surface area contributed by atoms with Gasteiger partial charge in [-0.05, 0) is 24.3 Å². The van der Waals surface area contributed by atoms with E-state index in [9.17, 15) is 9.59 Å². The predicted octanol–water partition coefficient (Wildman–Crippen LogP) is 3.18. The fraction of sp³-hybridized carbons (Fsp3) is 0. The minimum Gasteiger partial charge on any atom is -0.431 e. The summed E-state index contributed by atoms with van der Waals surface area (Å²) in [6.07, 6.45) is 1.19. The lowest BCUT2D eigenvalue weighted by Gasteiger charge is -2.01. The Balaban J connectivity index is 1.66. The molecule has 6 heteroatoms. The van der Waals surface area contributed by atoms with Crippen molar-refractivity contribution in [3.63, 3.8) is 0 Å². The van der Waals surface area contributed by atoms with E-state index in [1.165, 1.54) is 6.26 Å². The molecule has 0 bridgehead atoms. The number of hydrogen-bond donors (Lipinski definition) is 2. The molecule has 0 saturated carbocycles. The van der Waals surface area contributed by atoms with E-state index in [4.69, 9.17) is 4.42 Å². The molecule has 0 saturated heterocycles. The molecule has 3 rings (SSSR count). The molecule has 2 N–H and O–H groups in total. The smallest absolute Gasteiger partial charge is 0.302 e. The summed E-state index contributed by atoms with van der Waals surface area (Å²) in [6.45, 7) is 0. The zero-order valence-corrected chi connectivity index (χ0v) is 12.0. The van der Waals surface area contributed by atoms with Crippen molar-refractivity contribution in [3.8, 4) is 0 Å². The average Bonchev–Trinajstić information content (AvgIpc) is 3.05. The van der Waals surface area contributed by atoms with Gasteiger partial charge in [-0.25, -0.2) is 0 Å². The molecular weight excluding hydrogens is 294 g/mol. The maximum atomic E-state index is 12.0. The van der Waals surface area contributed by atoms with E-state index in [0.717, 1.165) is 0 Å². The third-order valence-electron chi connectivity index (χ3n) is 3.02. The Kier molecular flexibility index (Phi) is 4.15. The number of carbonyl (C=O) groups excluding carboxylic acids is 2. The van der Waals surface area contributed by atoms with Crippen LogP contribution in [0.3, 0.4) is 0 Å². The van der Waals surface area contributed by atoms with Gasteiger partial charge < -0.3 is 9.73 Å². The number of nitrogens with zero attached hydrogens (tertiary/aromatic N) is 1. The highest BCUT2D eigenvalue weighted by molar-refractivity contribution is 6.05. The van der Waals surface area contributed by atoms with Gasteiger partial charge in [0.25, 0.3) is 11.8 Å². The minimum atomic E-state index is -0.417. The maximum Gasteiger partial charge on any atom is 0.302 e.